The number of sulfonamides is 1. The normalized spacial score (nSPS) is 18.2. The monoisotopic (exact) mass is 424 g/mol. The van der Waals surface area contributed by atoms with Crippen molar-refractivity contribution in [3.63, 3.8) is 0 Å². The number of benzene rings is 2. The van der Waals surface area contributed by atoms with E-state index in [1.165, 1.54) is 22.5 Å². The summed E-state index contributed by atoms with van der Waals surface area (Å²) in [5, 5.41) is 12.4. The van der Waals surface area contributed by atoms with E-state index in [0.29, 0.717) is 12.8 Å². The predicted octanol–water partition coefficient (Wildman–Crippen LogP) is 2.95. The number of phenolic OH excluding ortho intramolecular Hbond substituents is 1. The fourth-order valence-electron chi connectivity index (χ4n) is 2.83. The predicted molar refractivity (Wildman–Crippen MR) is 97.8 cm³/mol. The fourth-order valence-corrected chi connectivity index (χ4v) is 4.75. The topological polar surface area (TPSA) is 86.7 Å². The average Bonchev–Trinajstić information content (AvgIpc) is 3.08. The first-order valence-corrected chi connectivity index (χ1v) is 9.99. The molecule has 8 heteroatoms. The van der Waals surface area contributed by atoms with Crippen LogP contribution in [0, 0.1) is 0 Å². The van der Waals surface area contributed by atoms with E-state index in [4.69, 9.17) is 0 Å². The zero-order chi connectivity index (χ0) is 18.0. The molecule has 25 heavy (non-hydrogen) atoms. The van der Waals surface area contributed by atoms with Gasteiger partial charge in [-0.2, -0.15) is 4.31 Å². The van der Waals surface area contributed by atoms with Crippen molar-refractivity contribution in [3.8, 4) is 5.75 Å². The van der Waals surface area contributed by atoms with Gasteiger partial charge in [-0.3, -0.25) is 4.79 Å². The Hall–Kier alpha value is -1.90. The van der Waals surface area contributed by atoms with Crippen LogP contribution in [-0.4, -0.2) is 36.3 Å². The van der Waals surface area contributed by atoms with Gasteiger partial charge in [0, 0.05) is 11.0 Å². The SMILES string of the molecule is O=C(Nc1ccccc1O)C1CCCN1S(=O)(=O)c1ccc(Br)cc1. The zero-order valence-electron chi connectivity index (χ0n) is 13.2. The second-order valence-electron chi connectivity index (χ2n) is 5.73. The van der Waals surface area contributed by atoms with E-state index in [0.717, 1.165) is 4.47 Å². The highest BCUT2D eigenvalue weighted by molar-refractivity contribution is 9.10. The van der Waals surface area contributed by atoms with Crippen LogP contribution in [-0.2, 0) is 14.8 Å². The third-order valence-electron chi connectivity index (χ3n) is 4.09. The summed E-state index contributed by atoms with van der Waals surface area (Å²) in [6, 6.07) is 11.9. The Morgan fingerprint density at radius 3 is 2.52 bits per heavy atom. The van der Waals surface area contributed by atoms with Crippen molar-refractivity contribution >= 4 is 37.5 Å². The van der Waals surface area contributed by atoms with Crippen LogP contribution in [0.4, 0.5) is 5.69 Å². The first kappa shape index (κ1) is 17.9. The molecule has 3 rings (SSSR count). The van der Waals surface area contributed by atoms with E-state index in [2.05, 4.69) is 21.2 Å². The van der Waals surface area contributed by atoms with Crippen LogP contribution in [0.25, 0.3) is 0 Å². The minimum Gasteiger partial charge on any atom is -0.506 e. The van der Waals surface area contributed by atoms with Crippen molar-refractivity contribution in [2.75, 3.05) is 11.9 Å². The molecule has 6 nitrogen and oxygen atoms in total. The van der Waals surface area contributed by atoms with E-state index in [9.17, 15) is 18.3 Å². The number of hydrogen-bond donors (Lipinski definition) is 2. The van der Waals surface area contributed by atoms with Crippen molar-refractivity contribution in [3.05, 3.63) is 53.0 Å². The minimum absolute atomic E-state index is 0.0591. The van der Waals surface area contributed by atoms with Crippen LogP contribution >= 0.6 is 15.9 Å². The van der Waals surface area contributed by atoms with Gasteiger partial charge in [-0.05, 0) is 49.2 Å². The molecule has 132 valence electrons. The van der Waals surface area contributed by atoms with Crippen LogP contribution in [0.2, 0.25) is 0 Å². The van der Waals surface area contributed by atoms with Gasteiger partial charge in [0.1, 0.15) is 11.8 Å². The van der Waals surface area contributed by atoms with Crippen LogP contribution in [0.3, 0.4) is 0 Å². The number of halogens is 1. The van der Waals surface area contributed by atoms with Crippen molar-refractivity contribution in [2.24, 2.45) is 0 Å². The van der Waals surface area contributed by atoms with E-state index in [-0.39, 0.29) is 22.9 Å². The van der Waals surface area contributed by atoms with Crippen molar-refractivity contribution < 1.29 is 18.3 Å². The quantitative estimate of drug-likeness (QED) is 0.738. The number of nitrogens with zero attached hydrogens (tertiary/aromatic N) is 1. The molecule has 1 heterocycles. The number of aromatic hydroxyl groups is 1. The van der Waals surface area contributed by atoms with Gasteiger partial charge in [-0.15, -0.1) is 0 Å². The summed E-state index contributed by atoms with van der Waals surface area (Å²) in [4.78, 5) is 12.7. The minimum atomic E-state index is -3.76. The molecule has 1 unspecified atom stereocenters. The third-order valence-corrected chi connectivity index (χ3v) is 6.54. The fraction of sp³-hybridized carbons (Fsp3) is 0.235. The zero-order valence-corrected chi connectivity index (χ0v) is 15.6. The van der Waals surface area contributed by atoms with Gasteiger partial charge in [0.05, 0.1) is 10.6 Å². The second kappa shape index (κ2) is 7.15. The van der Waals surface area contributed by atoms with Gasteiger partial charge in [-0.1, -0.05) is 28.1 Å². The molecule has 1 amide bonds. The van der Waals surface area contributed by atoms with Gasteiger partial charge in [0.25, 0.3) is 0 Å². The van der Waals surface area contributed by atoms with E-state index in [1.807, 2.05) is 0 Å². The molecule has 0 radical (unpaired) electrons. The summed E-state index contributed by atoms with van der Waals surface area (Å²) in [7, 11) is -3.76. The molecule has 2 aromatic carbocycles. The summed E-state index contributed by atoms with van der Waals surface area (Å²) >= 11 is 3.28. The summed E-state index contributed by atoms with van der Waals surface area (Å²) in [5.41, 5.74) is 0.264. The Morgan fingerprint density at radius 1 is 1.16 bits per heavy atom. The Morgan fingerprint density at radius 2 is 1.84 bits per heavy atom. The molecule has 1 atom stereocenters. The van der Waals surface area contributed by atoms with Crippen LogP contribution in [0.5, 0.6) is 5.75 Å². The second-order valence-corrected chi connectivity index (χ2v) is 8.54. The van der Waals surface area contributed by atoms with Crippen molar-refractivity contribution in [2.45, 2.75) is 23.8 Å². The number of amides is 1. The Balaban J connectivity index is 1.83. The molecule has 0 aromatic heterocycles. The highest BCUT2D eigenvalue weighted by Crippen LogP contribution is 2.29. The number of hydrogen-bond acceptors (Lipinski definition) is 4. The van der Waals surface area contributed by atoms with E-state index in [1.54, 1.807) is 30.3 Å². The van der Waals surface area contributed by atoms with Gasteiger partial charge < -0.3 is 10.4 Å². The number of carbonyl (C=O) groups is 1. The van der Waals surface area contributed by atoms with Crippen molar-refractivity contribution in [1.82, 2.24) is 4.31 Å². The smallest absolute Gasteiger partial charge is 0.243 e. The Kier molecular flexibility index (Phi) is 5.12. The van der Waals surface area contributed by atoms with Crippen LogP contribution < -0.4 is 5.32 Å². The molecular weight excluding hydrogens is 408 g/mol. The van der Waals surface area contributed by atoms with Crippen LogP contribution in [0.1, 0.15) is 12.8 Å². The summed E-state index contributed by atoms with van der Waals surface area (Å²) < 4.78 is 27.7. The summed E-state index contributed by atoms with van der Waals surface area (Å²) in [6.07, 6.45) is 1.05. The lowest BCUT2D eigenvalue weighted by Crippen LogP contribution is -2.43. The van der Waals surface area contributed by atoms with Gasteiger partial charge in [0.15, 0.2) is 0 Å². The molecule has 0 bridgehead atoms. The van der Waals surface area contributed by atoms with Gasteiger partial charge in [-0.25, -0.2) is 8.42 Å². The molecule has 0 spiro atoms. The summed E-state index contributed by atoms with van der Waals surface area (Å²) in [5.74, 6) is -0.504. The number of rotatable bonds is 4. The Bertz CT molecular complexity index is 884. The molecule has 1 fully saturated rings. The van der Waals surface area contributed by atoms with Gasteiger partial charge >= 0.3 is 0 Å². The first-order valence-electron chi connectivity index (χ1n) is 7.76. The number of para-hydroxylation sites is 2. The molecule has 2 aromatic rings. The molecule has 2 N–H and O–H groups in total. The molecule has 1 saturated heterocycles. The van der Waals surface area contributed by atoms with Crippen LogP contribution in [0.15, 0.2) is 57.9 Å². The molecule has 1 aliphatic rings. The highest BCUT2D eigenvalue weighted by atomic mass is 79.9. The highest BCUT2D eigenvalue weighted by Gasteiger charge is 2.39. The maximum Gasteiger partial charge on any atom is 0.243 e. The van der Waals surface area contributed by atoms with Crippen molar-refractivity contribution in [1.29, 1.82) is 0 Å². The van der Waals surface area contributed by atoms with E-state index >= 15 is 0 Å². The summed E-state index contributed by atoms with van der Waals surface area (Å²) in [6.45, 7) is 0.289. The Labute approximate surface area is 154 Å². The van der Waals surface area contributed by atoms with Gasteiger partial charge in [0.2, 0.25) is 15.9 Å². The number of carbonyl (C=O) groups excluding carboxylic acids is 1. The molecular formula is C17H17BrN2O4S. The maximum absolute atomic E-state index is 12.9. The molecule has 1 aliphatic heterocycles. The number of nitrogens with one attached hydrogen (secondary N) is 1. The lowest BCUT2D eigenvalue weighted by Gasteiger charge is -2.23. The largest absolute Gasteiger partial charge is 0.506 e. The third kappa shape index (κ3) is 3.70. The lowest BCUT2D eigenvalue weighted by molar-refractivity contribution is -0.119. The molecule has 0 saturated carbocycles. The number of phenols is 1. The molecule has 0 aliphatic carbocycles. The maximum atomic E-state index is 12.9. The standard InChI is InChI=1S/C17H17BrN2O4S/c18-12-7-9-13(10-8-12)25(23,24)20-11-3-5-15(20)17(22)19-14-4-1-2-6-16(14)21/h1-2,4,6-10,15,21H,3,5,11H2,(H,19,22). The first-order chi connectivity index (χ1) is 11.9. The lowest BCUT2D eigenvalue weighted by atomic mass is 10.2. The number of anilines is 1. The van der Waals surface area contributed by atoms with E-state index < -0.39 is 22.0 Å². The average molecular weight is 425 g/mol.